The third-order valence-electron chi connectivity index (χ3n) is 4.96. The van der Waals surface area contributed by atoms with E-state index in [1.54, 1.807) is 6.07 Å². The van der Waals surface area contributed by atoms with Crippen LogP contribution >= 0.6 is 0 Å². The average molecular weight is 354 g/mol. The predicted octanol–water partition coefficient (Wildman–Crippen LogP) is 2.23. The van der Waals surface area contributed by atoms with Crippen LogP contribution < -0.4 is 10.6 Å². The standard InChI is InChI=1S/C20H26N4O2/c1-15-8-3-4-9-16(15)22-20(26)19(25)21-14-18(24-12-5-6-13-24)17-10-7-11-23(17)2/h3-4,7-11,18H,5-6,12-14H2,1-2H3,(H,21,25)(H,22,26). The Bertz CT molecular complexity index is 778. The van der Waals surface area contributed by atoms with Crippen LogP contribution in [-0.2, 0) is 16.6 Å². The van der Waals surface area contributed by atoms with Crippen molar-refractivity contribution in [3.05, 3.63) is 53.9 Å². The quantitative estimate of drug-likeness (QED) is 0.809. The molecule has 1 aromatic heterocycles. The molecule has 0 saturated carbocycles. The van der Waals surface area contributed by atoms with Crippen molar-refractivity contribution in [3.63, 3.8) is 0 Å². The number of carbonyl (C=O) groups excluding carboxylic acids is 2. The highest BCUT2D eigenvalue weighted by atomic mass is 16.2. The molecule has 0 spiro atoms. The minimum atomic E-state index is -0.633. The predicted molar refractivity (Wildman–Crippen MR) is 102 cm³/mol. The van der Waals surface area contributed by atoms with Crippen LogP contribution in [-0.4, -0.2) is 40.9 Å². The average Bonchev–Trinajstić information content (AvgIpc) is 3.30. The molecule has 2 heterocycles. The van der Waals surface area contributed by atoms with Crippen LogP contribution in [0.1, 0.15) is 30.1 Å². The molecule has 1 aliphatic rings. The third-order valence-corrected chi connectivity index (χ3v) is 4.96. The highest BCUT2D eigenvalue weighted by molar-refractivity contribution is 6.39. The summed E-state index contributed by atoms with van der Waals surface area (Å²) in [7, 11) is 2.01. The Labute approximate surface area is 154 Å². The van der Waals surface area contributed by atoms with Crippen molar-refractivity contribution < 1.29 is 9.59 Å². The van der Waals surface area contributed by atoms with Crippen molar-refractivity contribution in [1.29, 1.82) is 0 Å². The van der Waals surface area contributed by atoms with Crippen LogP contribution in [0, 0.1) is 6.92 Å². The summed E-state index contributed by atoms with van der Waals surface area (Å²) in [6.45, 7) is 4.34. The molecular weight excluding hydrogens is 328 g/mol. The van der Waals surface area contributed by atoms with E-state index in [2.05, 4.69) is 26.2 Å². The molecule has 1 aromatic carbocycles. The topological polar surface area (TPSA) is 66.4 Å². The number of anilines is 1. The maximum absolute atomic E-state index is 12.3. The summed E-state index contributed by atoms with van der Waals surface area (Å²) in [4.78, 5) is 26.9. The molecule has 1 fully saturated rings. The lowest BCUT2D eigenvalue weighted by Gasteiger charge is -2.28. The summed E-state index contributed by atoms with van der Waals surface area (Å²) in [6.07, 6.45) is 4.34. The number of hydrogen-bond donors (Lipinski definition) is 2. The van der Waals surface area contributed by atoms with Crippen molar-refractivity contribution in [3.8, 4) is 0 Å². The first-order valence-electron chi connectivity index (χ1n) is 9.06. The molecule has 1 atom stereocenters. The molecule has 2 aromatic rings. The first-order valence-corrected chi connectivity index (χ1v) is 9.06. The van der Waals surface area contributed by atoms with Crippen LogP contribution in [0.4, 0.5) is 5.69 Å². The second-order valence-electron chi connectivity index (χ2n) is 6.78. The van der Waals surface area contributed by atoms with Gasteiger partial charge in [0, 0.05) is 31.2 Å². The van der Waals surface area contributed by atoms with E-state index < -0.39 is 11.8 Å². The van der Waals surface area contributed by atoms with Crippen molar-refractivity contribution in [2.45, 2.75) is 25.8 Å². The normalized spacial score (nSPS) is 15.6. The smallest absolute Gasteiger partial charge is 0.313 e. The van der Waals surface area contributed by atoms with E-state index in [1.165, 1.54) is 12.8 Å². The Morgan fingerprint density at radius 3 is 2.46 bits per heavy atom. The molecule has 26 heavy (non-hydrogen) atoms. The number of para-hydroxylation sites is 1. The van der Waals surface area contributed by atoms with E-state index in [4.69, 9.17) is 0 Å². The molecule has 0 radical (unpaired) electrons. The molecule has 6 heteroatoms. The number of hydrogen-bond acceptors (Lipinski definition) is 3. The Kier molecular flexibility index (Phi) is 5.73. The van der Waals surface area contributed by atoms with E-state index in [0.29, 0.717) is 12.2 Å². The molecule has 2 N–H and O–H groups in total. The first-order chi connectivity index (χ1) is 12.6. The number of nitrogens with zero attached hydrogens (tertiary/aromatic N) is 2. The Balaban J connectivity index is 1.63. The minimum absolute atomic E-state index is 0.0766. The second-order valence-corrected chi connectivity index (χ2v) is 6.78. The van der Waals surface area contributed by atoms with Gasteiger partial charge in [0.25, 0.3) is 0 Å². The fourth-order valence-electron chi connectivity index (χ4n) is 3.46. The lowest BCUT2D eigenvalue weighted by atomic mass is 10.1. The largest absolute Gasteiger partial charge is 0.353 e. The van der Waals surface area contributed by atoms with Crippen LogP contribution in [0.3, 0.4) is 0 Å². The molecular formula is C20H26N4O2. The first kappa shape index (κ1) is 18.2. The van der Waals surface area contributed by atoms with Crippen LogP contribution in [0.25, 0.3) is 0 Å². The van der Waals surface area contributed by atoms with Gasteiger partial charge in [-0.1, -0.05) is 18.2 Å². The fraction of sp³-hybridized carbons (Fsp3) is 0.400. The molecule has 1 unspecified atom stereocenters. The van der Waals surface area contributed by atoms with Crippen molar-refractivity contribution in [1.82, 2.24) is 14.8 Å². The fourth-order valence-corrected chi connectivity index (χ4v) is 3.46. The lowest BCUT2D eigenvalue weighted by molar-refractivity contribution is -0.136. The molecule has 1 saturated heterocycles. The van der Waals surface area contributed by atoms with Crippen molar-refractivity contribution in [2.24, 2.45) is 7.05 Å². The molecule has 138 valence electrons. The maximum Gasteiger partial charge on any atom is 0.313 e. The molecule has 0 aliphatic carbocycles. The van der Waals surface area contributed by atoms with Gasteiger partial charge in [0.05, 0.1) is 6.04 Å². The SMILES string of the molecule is Cc1ccccc1NC(=O)C(=O)NCC(c1cccn1C)N1CCCC1. The molecule has 0 bridgehead atoms. The van der Waals surface area contributed by atoms with E-state index >= 15 is 0 Å². The second kappa shape index (κ2) is 8.19. The van der Waals surface area contributed by atoms with E-state index in [0.717, 1.165) is 24.3 Å². The number of carbonyl (C=O) groups is 2. The van der Waals surface area contributed by atoms with Gasteiger partial charge in [-0.05, 0) is 56.6 Å². The van der Waals surface area contributed by atoms with Gasteiger partial charge in [-0.15, -0.1) is 0 Å². The zero-order valence-corrected chi connectivity index (χ0v) is 15.4. The Hall–Kier alpha value is -2.60. The van der Waals surface area contributed by atoms with Gasteiger partial charge < -0.3 is 15.2 Å². The number of benzene rings is 1. The van der Waals surface area contributed by atoms with Gasteiger partial charge in [-0.25, -0.2) is 0 Å². The maximum atomic E-state index is 12.3. The molecule has 1 aliphatic heterocycles. The van der Waals surface area contributed by atoms with Gasteiger partial charge >= 0.3 is 11.8 Å². The van der Waals surface area contributed by atoms with E-state index in [9.17, 15) is 9.59 Å². The Morgan fingerprint density at radius 1 is 1.08 bits per heavy atom. The number of likely N-dealkylation sites (tertiary alicyclic amines) is 1. The lowest BCUT2D eigenvalue weighted by Crippen LogP contribution is -2.42. The minimum Gasteiger partial charge on any atom is -0.353 e. The number of aromatic nitrogens is 1. The Morgan fingerprint density at radius 2 is 1.81 bits per heavy atom. The molecule has 3 rings (SSSR count). The molecule has 2 amide bonds. The summed E-state index contributed by atoms with van der Waals surface area (Å²) < 4.78 is 2.07. The van der Waals surface area contributed by atoms with Crippen LogP contribution in [0.2, 0.25) is 0 Å². The van der Waals surface area contributed by atoms with E-state index in [-0.39, 0.29) is 6.04 Å². The van der Waals surface area contributed by atoms with Gasteiger partial charge in [-0.3, -0.25) is 14.5 Å². The van der Waals surface area contributed by atoms with Crippen molar-refractivity contribution >= 4 is 17.5 Å². The summed E-state index contributed by atoms with van der Waals surface area (Å²) >= 11 is 0. The van der Waals surface area contributed by atoms with Gasteiger partial charge in [0.2, 0.25) is 0 Å². The highest BCUT2D eigenvalue weighted by Crippen LogP contribution is 2.24. The number of aryl methyl sites for hydroxylation is 2. The number of rotatable bonds is 5. The summed E-state index contributed by atoms with van der Waals surface area (Å²) in [5.41, 5.74) is 2.73. The van der Waals surface area contributed by atoms with Gasteiger partial charge in [0.15, 0.2) is 0 Å². The zero-order chi connectivity index (χ0) is 18.5. The van der Waals surface area contributed by atoms with Crippen molar-refractivity contribution in [2.75, 3.05) is 25.0 Å². The summed E-state index contributed by atoms with van der Waals surface area (Å²) in [5.74, 6) is -1.24. The van der Waals surface area contributed by atoms with Crippen LogP contribution in [0.15, 0.2) is 42.6 Å². The summed E-state index contributed by atoms with van der Waals surface area (Å²) in [5, 5.41) is 5.49. The highest BCUT2D eigenvalue weighted by Gasteiger charge is 2.26. The number of amides is 2. The monoisotopic (exact) mass is 354 g/mol. The third kappa shape index (κ3) is 4.14. The molecule has 6 nitrogen and oxygen atoms in total. The van der Waals surface area contributed by atoms with Crippen LogP contribution in [0.5, 0.6) is 0 Å². The summed E-state index contributed by atoms with van der Waals surface area (Å²) in [6, 6.07) is 11.6. The zero-order valence-electron chi connectivity index (χ0n) is 15.4. The van der Waals surface area contributed by atoms with Gasteiger partial charge in [0.1, 0.15) is 0 Å². The van der Waals surface area contributed by atoms with Gasteiger partial charge in [-0.2, -0.15) is 0 Å². The number of nitrogens with one attached hydrogen (secondary N) is 2. The van der Waals surface area contributed by atoms with E-state index in [1.807, 2.05) is 44.4 Å².